The van der Waals surface area contributed by atoms with Crippen molar-refractivity contribution >= 4 is 45.2 Å². The molecule has 0 bridgehead atoms. The molecule has 2 aromatic rings. The van der Waals surface area contributed by atoms with E-state index < -0.39 is 0 Å². The summed E-state index contributed by atoms with van der Waals surface area (Å²) >= 11 is 4.50. The van der Waals surface area contributed by atoms with Gasteiger partial charge in [-0.3, -0.25) is 0 Å². The molecule has 0 aromatic carbocycles. The number of halogens is 2. The summed E-state index contributed by atoms with van der Waals surface area (Å²) in [6.07, 6.45) is 1.82. The number of nitrogens with one attached hydrogen (secondary N) is 1. The van der Waals surface area contributed by atoms with E-state index in [0.29, 0.717) is 12.6 Å². The van der Waals surface area contributed by atoms with Crippen LogP contribution in [0.25, 0.3) is 0 Å². The SMILES string of the molecule is CC(C)NCc1cc(Cn2cnc(I)c2I)on1. The minimum Gasteiger partial charge on any atom is -0.359 e. The minimum absolute atomic E-state index is 0.446. The topological polar surface area (TPSA) is 55.9 Å². The first-order valence-electron chi connectivity index (χ1n) is 5.60. The Bertz CT molecular complexity index is 521. The highest BCUT2D eigenvalue weighted by molar-refractivity contribution is 14.1. The Kier molecular flexibility index (Phi) is 5.01. The van der Waals surface area contributed by atoms with E-state index in [0.717, 1.165) is 25.4 Å². The Morgan fingerprint density at radius 1 is 1.44 bits per heavy atom. The summed E-state index contributed by atoms with van der Waals surface area (Å²) in [5, 5.41) is 7.36. The fraction of sp³-hybridized carbons (Fsp3) is 0.455. The van der Waals surface area contributed by atoms with Crippen molar-refractivity contribution in [3.63, 3.8) is 0 Å². The third-order valence-corrected chi connectivity index (χ3v) is 5.31. The molecule has 0 aliphatic carbocycles. The number of aromatic nitrogens is 3. The van der Waals surface area contributed by atoms with Crippen LogP contribution in [0.2, 0.25) is 0 Å². The van der Waals surface area contributed by atoms with Crippen molar-refractivity contribution in [1.82, 2.24) is 20.0 Å². The normalized spacial score (nSPS) is 11.4. The lowest BCUT2D eigenvalue weighted by molar-refractivity contribution is 0.367. The number of nitrogens with zero attached hydrogens (tertiary/aromatic N) is 3. The molecule has 0 amide bonds. The Morgan fingerprint density at radius 3 is 2.83 bits per heavy atom. The molecule has 0 radical (unpaired) electrons. The molecule has 0 atom stereocenters. The molecule has 2 aromatic heterocycles. The van der Waals surface area contributed by atoms with E-state index in [1.807, 2.05) is 17.0 Å². The largest absolute Gasteiger partial charge is 0.359 e. The van der Waals surface area contributed by atoms with Gasteiger partial charge in [-0.25, -0.2) is 4.98 Å². The summed E-state index contributed by atoms with van der Waals surface area (Å²) < 4.78 is 9.49. The average Bonchev–Trinajstić information content (AvgIpc) is 2.89. The molecule has 18 heavy (non-hydrogen) atoms. The van der Waals surface area contributed by atoms with Gasteiger partial charge in [-0.05, 0) is 45.2 Å². The molecule has 0 spiro atoms. The molecule has 98 valence electrons. The van der Waals surface area contributed by atoms with Gasteiger partial charge in [0.2, 0.25) is 0 Å². The molecule has 0 fully saturated rings. The lowest BCUT2D eigenvalue weighted by Crippen LogP contribution is -2.21. The standard InChI is InChI=1S/C11H14I2N4O/c1-7(2)14-4-8-3-9(18-16-8)5-17-6-15-10(12)11(17)13/h3,6-7,14H,4-5H2,1-2H3. The Hall–Kier alpha value is -0.160. The lowest BCUT2D eigenvalue weighted by Gasteiger charge is -2.03. The summed E-state index contributed by atoms with van der Waals surface area (Å²) in [7, 11) is 0. The zero-order chi connectivity index (χ0) is 13.1. The molecule has 0 saturated carbocycles. The van der Waals surface area contributed by atoms with E-state index in [4.69, 9.17) is 4.52 Å². The van der Waals surface area contributed by atoms with E-state index in [1.54, 1.807) is 0 Å². The number of imidazole rings is 1. The molecule has 0 aliphatic heterocycles. The smallest absolute Gasteiger partial charge is 0.156 e. The van der Waals surface area contributed by atoms with E-state index >= 15 is 0 Å². The van der Waals surface area contributed by atoms with Crippen LogP contribution in [0.5, 0.6) is 0 Å². The molecule has 0 aliphatic rings. The second kappa shape index (κ2) is 6.33. The molecule has 5 nitrogen and oxygen atoms in total. The first-order chi connectivity index (χ1) is 8.56. The molecule has 0 saturated heterocycles. The van der Waals surface area contributed by atoms with Crippen molar-refractivity contribution in [2.24, 2.45) is 0 Å². The Morgan fingerprint density at radius 2 is 2.22 bits per heavy atom. The third kappa shape index (κ3) is 3.67. The van der Waals surface area contributed by atoms with Crippen molar-refractivity contribution in [1.29, 1.82) is 0 Å². The lowest BCUT2D eigenvalue weighted by atomic mass is 10.3. The summed E-state index contributed by atoms with van der Waals surface area (Å²) in [6, 6.07) is 2.43. The zero-order valence-corrected chi connectivity index (χ0v) is 14.5. The Labute approximate surface area is 133 Å². The van der Waals surface area contributed by atoms with Crippen molar-refractivity contribution in [2.45, 2.75) is 33.0 Å². The molecule has 2 rings (SSSR count). The van der Waals surface area contributed by atoms with Gasteiger partial charge in [0.15, 0.2) is 5.76 Å². The van der Waals surface area contributed by atoms with Crippen LogP contribution in [0.15, 0.2) is 16.9 Å². The van der Waals surface area contributed by atoms with Gasteiger partial charge in [0.1, 0.15) is 7.40 Å². The summed E-state index contributed by atoms with van der Waals surface area (Å²) in [6.45, 7) is 5.62. The van der Waals surface area contributed by atoms with Crippen molar-refractivity contribution in [2.75, 3.05) is 0 Å². The molecular weight excluding hydrogens is 458 g/mol. The monoisotopic (exact) mass is 472 g/mol. The number of hydrogen-bond acceptors (Lipinski definition) is 4. The maximum atomic E-state index is 5.32. The predicted molar refractivity (Wildman–Crippen MR) is 85.2 cm³/mol. The van der Waals surface area contributed by atoms with Gasteiger partial charge in [-0.15, -0.1) is 0 Å². The fourth-order valence-electron chi connectivity index (χ4n) is 1.44. The number of hydrogen-bond donors (Lipinski definition) is 1. The van der Waals surface area contributed by atoms with Gasteiger partial charge < -0.3 is 14.4 Å². The van der Waals surface area contributed by atoms with Crippen molar-refractivity contribution in [3.05, 3.63) is 31.2 Å². The van der Waals surface area contributed by atoms with Crippen LogP contribution < -0.4 is 5.32 Å². The summed E-state index contributed by atoms with van der Waals surface area (Å²) in [5.41, 5.74) is 0.934. The van der Waals surface area contributed by atoms with Gasteiger partial charge in [-0.1, -0.05) is 19.0 Å². The first-order valence-corrected chi connectivity index (χ1v) is 7.76. The van der Waals surface area contributed by atoms with Gasteiger partial charge in [0, 0.05) is 18.7 Å². The van der Waals surface area contributed by atoms with Crippen LogP contribution in [0.4, 0.5) is 0 Å². The average molecular weight is 472 g/mol. The predicted octanol–water partition coefficient (Wildman–Crippen LogP) is 2.63. The van der Waals surface area contributed by atoms with Crippen LogP contribution >= 0.6 is 45.2 Å². The van der Waals surface area contributed by atoms with Crippen molar-refractivity contribution in [3.8, 4) is 0 Å². The quantitative estimate of drug-likeness (QED) is 0.681. The molecule has 7 heteroatoms. The maximum absolute atomic E-state index is 5.32. The summed E-state index contributed by atoms with van der Waals surface area (Å²) in [5.74, 6) is 0.849. The van der Waals surface area contributed by atoms with E-state index in [1.165, 1.54) is 0 Å². The van der Waals surface area contributed by atoms with Crippen molar-refractivity contribution < 1.29 is 4.52 Å². The zero-order valence-electron chi connectivity index (χ0n) is 10.2. The maximum Gasteiger partial charge on any atom is 0.156 e. The van der Waals surface area contributed by atoms with Crippen LogP contribution in [-0.4, -0.2) is 20.7 Å². The second-order valence-corrected chi connectivity index (χ2v) is 6.32. The number of rotatable bonds is 5. The van der Waals surface area contributed by atoms with Crippen LogP contribution in [0.3, 0.4) is 0 Å². The highest BCUT2D eigenvalue weighted by atomic mass is 127. The van der Waals surface area contributed by atoms with Gasteiger partial charge in [-0.2, -0.15) is 0 Å². The first kappa shape index (κ1) is 14.3. The Balaban J connectivity index is 2.00. The minimum atomic E-state index is 0.446. The van der Waals surface area contributed by atoms with Crippen LogP contribution in [-0.2, 0) is 13.1 Å². The van der Waals surface area contributed by atoms with Gasteiger partial charge >= 0.3 is 0 Å². The molecule has 2 heterocycles. The van der Waals surface area contributed by atoms with E-state index in [2.05, 4.69) is 74.5 Å². The molecular formula is C11H14I2N4O. The van der Waals surface area contributed by atoms with Crippen LogP contribution in [0.1, 0.15) is 25.3 Å². The third-order valence-electron chi connectivity index (χ3n) is 2.36. The highest BCUT2D eigenvalue weighted by Crippen LogP contribution is 2.15. The molecule has 0 unspecified atom stereocenters. The molecule has 1 N–H and O–H groups in total. The second-order valence-electron chi connectivity index (χ2n) is 4.27. The fourth-order valence-corrected chi connectivity index (χ4v) is 2.31. The van der Waals surface area contributed by atoms with Gasteiger partial charge in [0.25, 0.3) is 0 Å². The van der Waals surface area contributed by atoms with Crippen LogP contribution in [0, 0.1) is 7.40 Å². The van der Waals surface area contributed by atoms with E-state index in [-0.39, 0.29) is 0 Å². The summed E-state index contributed by atoms with van der Waals surface area (Å²) in [4.78, 5) is 4.25. The highest BCUT2D eigenvalue weighted by Gasteiger charge is 2.09. The van der Waals surface area contributed by atoms with E-state index in [9.17, 15) is 0 Å². The van der Waals surface area contributed by atoms with Gasteiger partial charge in [0.05, 0.1) is 18.6 Å².